The maximum atomic E-state index is 12.8. The predicted octanol–water partition coefficient (Wildman–Crippen LogP) is 2.30. The van der Waals surface area contributed by atoms with Crippen LogP contribution in [-0.2, 0) is 16.4 Å². The smallest absolute Gasteiger partial charge is 0.261 e. The van der Waals surface area contributed by atoms with Crippen molar-refractivity contribution in [1.82, 2.24) is 14.5 Å². The molecule has 0 aliphatic rings. The molecule has 1 aromatic carbocycles. The highest BCUT2D eigenvalue weighted by molar-refractivity contribution is 7.91. The van der Waals surface area contributed by atoms with Gasteiger partial charge < -0.3 is 4.74 Å². The van der Waals surface area contributed by atoms with E-state index in [1.807, 2.05) is 0 Å². The van der Waals surface area contributed by atoms with Crippen LogP contribution in [0.3, 0.4) is 0 Å². The SMILES string of the molecule is CCS(=O)(=O)c1ccc(Cl)cc1Cn1cnc2cnc(OC)cc2c1=O. The maximum absolute atomic E-state index is 12.8. The Kier molecular flexibility index (Phi) is 4.97. The molecular weight excluding hydrogens is 378 g/mol. The molecule has 2 heterocycles. The zero-order valence-corrected chi connectivity index (χ0v) is 15.7. The van der Waals surface area contributed by atoms with E-state index in [9.17, 15) is 13.2 Å². The van der Waals surface area contributed by atoms with E-state index < -0.39 is 9.84 Å². The van der Waals surface area contributed by atoms with Crippen LogP contribution in [0.4, 0.5) is 0 Å². The standard InChI is InChI=1S/C17H16ClN3O4S/c1-3-26(23,24)15-5-4-12(18)6-11(15)9-21-10-20-14-8-19-16(25-2)7-13(14)17(21)22/h4-8,10H,3,9H2,1-2H3. The number of ether oxygens (including phenoxy) is 1. The molecule has 9 heteroatoms. The number of fused-ring (bicyclic) bond motifs is 1. The molecule has 2 aromatic heterocycles. The summed E-state index contributed by atoms with van der Waals surface area (Å²) in [7, 11) is -2.00. The number of pyridine rings is 1. The van der Waals surface area contributed by atoms with Gasteiger partial charge in [-0.3, -0.25) is 9.36 Å². The maximum Gasteiger partial charge on any atom is 0.261 e. The predicted molar refractivity (Wildman–Crippen MR) is 98.6 cm³/mol. The Morgan fingerprint density at radius 3 is 2.69 bits per heavy atom. The average Bonchev–Trinajstić information content (AvgIpc) is 2.63. The van der Waals surface area contributed by atoms with E-state index in [1.165, 1.54) is 42.4 Å². The number of sulfone groups is 1. The first kappa shape index (κ1) is 18.3. The summed E-state index contributed by atoms with van der Waals surface area (Å²) in [5.74, 6) is 0.251. The lowest BCUT2D eigenvalue weighted by Gasteiger charge is -2.12. The molecule has 0 unspecified atom stereocenters. The Hall–Kier alpha value is -2.45. The number of halogens is 1. The topological polar surface area (TPSA) is 91.2 Å². The van der Waals surface area contributed by atoms with Gasteiger partial charge in [-0.1, -0.05) is 18.5 Å². The quantitative estimate of drug-likeness (QED) is 0.660. The molecular formula is C17H16ClN3O4S. The van der Waals surface area contributed by atoms with E-state index in [2.05, 4.69) is 9.97 Å². The third kappa shape index (κ3) is 3.42. The summed E-state index contributed by atoms with van der Waals surface area (Å²) in [6, 6.07) is 6.03. The van der Waals surface area contributed by atoms with Crippen LogP contribution in [0.15, 0.2) is 46.5 Å². The van der Waals surface area contributed by atoms with Gasteiger partial charge in [0.15, 0.2) is 9.84 Å². The molecule has 0 aliphatic heterocycles. The van der Waals surface area contributed by atoms with Gasteiger partial charge >= 0.3 is 0 Å². The van der Waals surface area contributed by atoms with E-state index in [0.29, 0.717) is 27.4 Å². The van der Waals surface area contributed by atoms with Crippen LogP contribution in [-0.4, -0.2) is 35.8 Å². The van der Waals surface area contributed by atoms with Crippen molar-refractivity contribution in [2.45, 2.75) is 18.4 Å². The number of hydrogen-bond donors (Lipinski definition) is 0. The van der Waals surface area contributed by atoms with Gasteiger partial charge in [0, 0.05) is 11.1 Å². The summed E-state index contributed by atoms with van der Waals surface area (Å²) in [5.41, 5.74) is 0.540. The van der Waals surface area contributed by atoms with Crippen molar-refractivity contribution in [2.24, 2.45) is 0 Å². The van der Waals surface area contributed by atoms with Crippen molar-refractivity contribution in [1.29, 1.82) is 0 Å². The van der Waals surface area contributed by atoms with E-state index >= 15 is 0 Å². The zero-order valence-electron chi connectivity index (χ0n) is 14.1. The summed E-state index contributed by atoms with van der Waals surface area (Å²) in [4.78, 5) is 21.2. The Bertz CT molecular complexity index is 1140. The van der Waals surface area contributed by atoms with Gasteiger partial charge in [0.05, 0.1) is 47.7 Å². The number of nitrogens with zero attached hydrogens (tertiary/aromatic N) is 3. The van der Waals surface area contributed by atoms with Crippen LogP contribution in [0.25, 0.3) is 10.9 Å². The molecule has 0 saturated carbocycles. The molecule has 3 rings (SSSR count). The zero-order chi connectivity index (χ0) is 18.9. The summed E-state index contributed by atoms with van der Waals surface area (Å²) in [6.45, 7) is 1.60. The van der Waals surface area contributed by atoms with Crippen LogP contribution >= 0.6 is 11.6 Å². The minimum absolute atomic E-state index is 0.0293. The van der Waals surface area contributed by atoms with Gasteiger partial charge in [0.1, 0.15) is 0 Å². The molecule has 0 aliphatic carbocycles. The summed E-state index contributed by atoms with van der Waals surface area (Å²) < 4.78 is 31.0. The molecule has 136 valence electrons. The van der Waals surface area contributed by atoms with Gasteiger partial charge in [-0.15, -0.1) is 0 Å². The molecule has 7 nitrogen and oxygen atoms in total. The number of hydrogen-bond acceptors (Lipinski definition) is 6. The highest BCUT2D eigenvalue weighted by atomic mass is 35.5. The first-order valence-corrected chi connectivity index (χ1v) is 9.79. The molecule has 0 saturated heterocycles. The van der Waals surface area contributed by atoms with Crippen LogP contribution in [0.1, 0.15) is 12.5 Å². The van der Waals surface area contributed by atoms with Crippen molar-refractivity contribution in [3.05, 3.63) is 57.7 Å². The van der Waals surface area contributed by atoms with Gasteiger partial charge in [0.2, 0.25) is 5.88 Å². The fourth-order valence-electron chi connectivity index (χ4n) is 2.58. The molecule has 0 spiro atoms. The molecule has 0 N–H and O–H groups in total. The van der Waals surface area contributed by atoms with Crippen molar-refractivity contribution in [2.75, 3.05) is 12.9 Å². The van der Waals surface area contributed by atoms with E-state index in [1.54, 1.807) is 13.0 Å². The number of benzene rings is 1. The van der Waals surface area contributed by atoms with Crippen molar-refractivity contribution in [3.8, 4) is 5.88 Å². The molecule has 3 aromatic rings. The second-order valence-electron chi connectivity index (χ2n) is 5.58. The summed E-state index contributed by atoms with van der Waals surface area (Å²) in [5, 5.41) is 0.726. The number of methoxy groups -OCH3 is 1. The molecule has 0 amide bonds. The minimum atomic E-state index is -3.46. The first-order chi connectivity index (χ1) is 12.4. The van der Waals surface area contributed by atoms with Crippen LogP contribution in [0.2, 0.25) is 5.02 Å². The number of rotatable bonds is 5. The molecule has 0 bridgehead atoms. The lowest BCUT2D eigenvalue weighted by Crippen LogP contribution is -2.22. The Labute approximate surface area is 155 Å². The monoisotopic (exact) mass is 393 g/mol. The third-order valence-corrected chi connectivity index (χ3v) is 6.04. The minimum Gasteiger partial charge on any atom is -0.481 e. The highest BCUT2D eigenvalue weighted by Gasteiger charge is 2.18. The molecule has 0 atom stereocenters. The lowest BCUT2D eigenvalue weighted by molar-refractivity contribution is 0.398. The Morgan fingerprint density at radius 1 is 1.23 bits per heavy atom. The van der Waals surface area contributed by atoms with E-state index in [-0.39, 0.29) is 22.8 Å². The summed E-state index contributed by atoms with van der Waals surface area (Å²) >= 11 is 6.03. The van der Waals surface area contributed by atoms with Crippen molar-refractivity contribution in [3.63, 3.8) is 0 Å². The van der Waals surface area contributed by atoms with Gasteiger partial charge in [0.25, 0.3) is 5.56 Å². The van der Waals surface area contributed by atoms with Crippen LogP contribution < -0.4 is 10.3 Å². The second-order valence-corrected chi connectivity index (χ2v) is 8.26. The lowest BCUT2D eigenvalue weighted by atomic mass is 10.2. The second kappa shape index (κ2) is 7.05. The highest BCUT2D eigenvalue weighted by Crippen LogP contribution is 2.22. The average molecular weight is 394 g/mol. The van der Waals surface area contributed by atoms with E-state index in [0.717, 1.165) is 0 Å². The number of aromatic nitrogens is 3. The van der Waals surface area contributed by atoms with Crippen molar-refractivity contribution >= 4 is 32.3 Å². The fourth-order valence-corrected chi connectivity index (χ4v) is 3.88. The van der Waals surface area contributed by atoms with Gasteiger partial charge in [-0.2, -0.15) is 0 Å². The molecule has 0 radical (unpaired) electrons. The largest absolute Gasteiger partial charge is 0.481 e. The van der Waals surface area contributed by atoms with Crippen LogP contribution in [0.5, 0.6) is 5.88 Å². The van der Waals surface area contributed by atoms with Gasteiger partial charge in [-0.25, -0.2) is 18.4 Å². The van der Waals surface area contributed by atoms with Crippen LogP contribution in [0, 0.1) is 0 Å². The third-order valence-electron chi connectivity index (χ3n) is 3.97. The molecule has 26 heavy (non-hydrogen) atoms. The Morgan fingerprint density at radius 2 is 2.00 bits per heavy atom. The Balaban J connectivity index is 2.14. The normalized spacial score (nSPS) is 11.7. The van der Waals surface area contributed by atoms with Gasteiger partial charge in [-0.05, 0) is 23.8 Å². The first-order valence-electron chi connectivity index (χ1n) is 7.76. The summed E-state index contributed by atoms with van der Waals surface area (Å²) in [6.07, 6.45) is 2.81. The fraction of sp³-hybridized carbons (Fsp3) is 0.235. The molecule has 0 fully saturated rings. The van der Waals surface area contributed by atoms with Crippen molar-refractivity contribution < 1.29 is 13.2 Å². The van der Waals surface area contributed by atoms with E-state index in [4.69, 9.17) is 16.3 Å².